The highest BCUT2D eigenvalue weighted by atomic mass is 35.5. The first-order chi connectivity index (χ1) is 10.9. The summed E-state index contributed by atoms with van der Waals surface area (Å²) in [4.78, 5) is 49.5. The molecule has 1 aromatic carbocycles. The van der Waals surface area contributed by atoms with E-state index in [1.54, 1.807) is 25.1 Å². The molecule has 0 atom stereocenters. The number of carbonyl (C=O) groups is 4. The van der Waals surface area contributed by atoms with Crippen LogP contribution in [0.15, 0.2) is 18.2 Å². The molecule has 1 heterocycles. The Labute approximate surface area is 137 Å². The van der Waals surface area contributed by atoms with Gasteiger partial charge < -0.3 is 5.32 Å². The summed E-state index contributed by atoms with van der Waals surface area (Å²) in [6, 6.07) is 4.01. The Morgan fingerprint density at radius 3 is 2.57 bits per heavy atom. The fourth-order valence-corrected chi connectivity index (χ4v) is 2.64. The van der Waals surface area contributed by atoms with E-state index >= 15 is 0 Å². The van der Waals surface area contributed by atoms with Gasteiger partial charge in [0.2, 0.25) is 5.91 Å². The van der Waals surface area contributed by atoms with E-state index in [-0.39, 0.29) is 6.04 Å². The van der Waals surface area contributed by atoms with Gasteiger partial charge in [-0.25, -0.2) is 9.69 Å². The average molecular weight is 336 g/mol. The van der Waals surface area contributed by atoms with Crippen molar-refractivity contribution >= 4 is 41.0 Å². The predicted octanol–water partition coefficient (Wildman–Crippen LogP) is 1.54. The summed E-state index contributed by atoms with van der Waals surface area (Å²) in [7, 11) is 0. The average Bonchev–Trinajstić information content (AvgIpc) is 3.28. The molecule has 1 saturated carbocycles. The standard InChI is InChI=1S/C15H14ClN3O4/c1-8-6-9(16)2-5-11(8)17-12(20)7-18-13(21)14(22)19(15(18)23)10-3-4-10/h2,5-6,10H,3-4,7H2,1H3,(H,17,20). The van der Waals surface area contributed by atoms with Crippen molar-refractivity contribution < 1.29 is 19.2 Å². The lowest BCUT2D eigenvalue weighted by Gasteiger charge is -2.15. The molecule has 2 aliphatic rings. The molecule has 1 aliphatic heterocycles. The Morgan fingerprint density at radius 1 is 1.26 bits per heavy atom. The van der Waals surface area contributed by atoms with Gasteiger partial charge in [-0.15, -0.1) is 0 Å². The summed E-state index contributed by atoms with van der Waals surface area (Å²) >= 11 is 5.84. The number of nitrogens with one attached hydrogen (secondary N) is 1. The molecule has 0 aromatic heterocycles. The zero-order chi connectivity index (χ0) is 16.7. The third-order valence-corrected chi connectivity index (χ3v) is 4.00. The summed E-state index contributed by atoms with van der Waals surface area (Å²) in [5.41, 5.74) is 1.28. The van der Waals surface area contributed by atoms with Crippen molar-refractivity contribution in [3.05, 3.63) is 28.8 Å². The smallest absolute Gasteiger partial charge is 0.324 e. The van der Waals surface area contributed by atoms with Gasteiger partial charge in [0.25, 0.3) is 0 Å². The number of hydrogen-bond donors (Lipinski definition) is 1. The van der Waals surface area contributed by atoms with Crippen molar-refractivity contribution in [1.82, 2.24) is 9.80 Å². The Bertz CT molecular complexity index is 729. The van der Waals surface area contributed by atoms with Crippen LogP contribution in [0.2, 0.25) is 5.02 Å². The first kappa shape index (κ1) is 15.5. The molecule has 0 bridgehead atoms. The van der Waals surface area contributed by atoms with Crippen LogP contribution in [-0.4, -0.2) is 46.1 Å². The molecule has 1 aliphatic carbocycles. The lowest BCUT2D eigenvalue weighted by Crippen LogP contribution is -2.39. The summed E-state index contributed by atoms with van der Waals surface area (Å²) in [6.45, 7) is 1.28. The Morgan fingerprint density at radius 2 is 1.96 bits per heavy atom. The normalized spacial score (nSPS) is 17.9. The highest BCUT2D eigenvalue weighted by Gasteiger charge is 2.51. The molecule has 1 aromatic rings. The van der Waals surface area contributed by atoms with Crippen LogP contribution >= 0.6 is 11.6 Å². The monoisotopic (exact) mass is 335 g/mol. The molecule has 1 saturated heterocycles. The van der Waals surface area contributed by atoms with E-state index in [1.165, 1.54) is 0 Å². The molecule has 120 valence electrons. The molecular formula is C15H14ClN3O4. The van der Waals surface area contributed by atoms with Gasteiger partial charge in [-0.1, -0.05) is 11.6 Å². The number of carbonyl (C=O) groups excluding carboxylic acids is 4. The third kappa shape index (κ3) is 2.92. The number of amides is 5. The maximum Gasteiger partial charge on any atom is 0.334 e. The highest BCUT2D eigenvalue weighted by Crippen LogP contribution is 2.31. The first-order valence-electron chi connectivity index (χ1n) is 7.13. The largest absolute Gasteiger partial charge is 0.334 e. The van der Waals surface area contributed by atoms with E-state index < -0.39 is 30.3 Å². The minimum absolute atomic E-state index is 0.203. The fourth-order valence-electron chi connectivity index (χ4n) is 2.42. The van der Waals surface area contributed by atoms with E-state index in [0.29, 0.717) is 28.5 Å². The molecule has 0 spiro atoms. The quantitative estimate of drug-likeness (QED) is 0.668. The van der Waals surface area contributed by atoms with Crippen LogP contribution < -0.4 is 5.32 Å². The second-order valence-electron chi connectivity index (χ2n) is 5.59. The van der Waals surface area contributed by atoms with Crippen molar-refractivity contribution in [2.45, 2.75) is 25.8 Å². The first-order valence-corrected chi connectivity index (χ1v) is 7.51. The second kappa shape index (κ2) is 5.66. The SMILES string of the molecule is Cc1cc(Cl)ccc1NC(=O)CN1C(=O)C(=O)N(C2CC2)C1=O. The van der Waals surface area contributed by atoms with Gasteiger partial charge in [0.1, 0.15) is 6.54 Å². The van der Waals surface area contributed by atoms with Gasteiger partial charge >= 0.3 is 17.8 Å². The minimum Gasteiger partial charge on any atom is -0.324 e. The van der Waals surface area contributed by atoms with E-state index in [1.807, 2.05) is 0 Å². The zero-order valence-corrected chi connectivity index (χ0v) is 13.1. The number of halogens is 1. The number of imide groups is 2. The number of benzene rings is 1. The fraction of sp³-hybridized carbons (Fsp3) is 0.333. The summed E-state index contributed by atoms with van der Waals surface area (Å²) in [5, 5.41) is 3.14. The highest BCUT2D eigenvalue weighted by molar-refractivity contribution is 6.45. The Hall–Kier alpha value is -2.41. The molecule has 23 heavy (non-hydrogen) atoms. The lowest BCUT2D eigenvalue weighted by molar-refractivity contribution is -0.143. The zero-order valence-electron chi connectivity index (χ0n) is 12.3. The van der Waals surface area contributed by atoms with Crippen molar-refractivity contribution in [1.29, 1.82) is 0 Å². The number of anilines is 1. The van der Waals surface area contributed by atoms with Gasteiger partial charge in [-0.3, -0.25) is 19.3 Å². The van der Waals surface area contributed by atoms with Crippen LogP contribution in [0, 0.1) is 6.92 Å². The summed E-state index contributed by atoms with van der Waals surface area (Å²) < 4.78 is 0. The lowest BCUT2D eigenvalue weighted by atomic mass is 10.2. The Kier molecular flexibility index (Phi) is 3.81. The number of rotatable bonds is 4. The van der Waals surface area contributed by atoms with E-state index in [0.717, 1.165) is 10.5 Å². The number of hydrogen-bond acceptors (Lipinski definition) is 4. The molecule has 8 heteroatoms. The van der Waals surface area contributed by atoms with Crippen LogP contribution in [0.1, 0.15) is 18.4 Å². The minimum atomic E-state index is -0.954. The predicted molar refractivity (Wildman–Crippen MR) is 81.8 cm³/mol. The molecule has 5 amide bonds. The van der Waals surface area contributed by atoms with Gasteiger partial charge in [0.15, 0.2) is 0 Å². The van der Waals surface area contributed by atoms with Gasteiger partial charge in [0.05, 0.1) is 0 Å². The molecule has 7 nitrogen and oxygen atoms in total. The third-order valence-electron chi connectivity index (χ3n) is 3.76. The van der Waals surface area contributed by atoms with Crippen LogP contribution in [0.25, 0.3) is 0 Å². The summed E-state index contributed by atoms with van der Waals surface area (Å²) in [5.74, 6) is -2.36. The van der Waals surface area contributed by atoms with E-state index in [9.17, 15) is 19.2 Å². The molecule has 3 rings (SSSR count). The van der Waals surface area contributed by atoms with Crippen molar-refractivity contribution in [3.63, 3.8) is 0 Å². The number of aryl methyl sites for hydroxylation is 1. The van der Waals surface area contributed by atoms with Crippen molar-refractivity contribution in [2.24, 2.45) is 0 Å². The molecule has 0 unspecified atom stereocenters. The molecule has 0 radical (unpaired) electrons. The number of urea groups is 1. The second-order valence-corrected chi connectivity index (χ2v) is 6.02. The number of nitrogens with zero attached hydrogens (tertiary/aromatic N) is 2. The van der Waals surface area contributed by atoms with E-state index in [4.69, 9.17) is 11.6 Å². The van der Waals surface area contributed by atoms with Crippen LogP contribution in [-0.2, 0) is 14.4 Å². The van der Waals surface area contributed by atoms with Crippen molar-refractivity contribution in [2.75, 3.05) is 11.9 Å². The molecular weight excluding hydrogens is 322 g/mol. The van der Waals surface area contributed by atoms with Crippen LogP contribution in [0.4, 0.5) is 10.5 Å². The topological polar surface area (TPSA) is 86.8 Å². The van der Waals surface area contributed by atoms with Crippen molar-refractivity contribution in [3.8, 4) is 0 Å². The Balaban J connectivity index is 1.69. The molecule has 1 N–H and O–H groups in total. The van der Waals surface area contributed by atoms with Crippen LogP contribution in [0.5, 0.6) is 0 Å². The molecule has 2 fully saturated rings. The van der Waals surface area contributed by atoms with Gasteiger partial charge in [0, 0.05) is 16.8 Å². The van der Waals surface area contributed by atoms with Crippen LogP contribution in [0.3, 0.4) is 0 Å². The maximum absolute atomic E-state index is 12.1. The van der Waals surface area contributed by atoms with Gasteiger partial charge in [-0.2, -0.15) is 0 Å². The van der Waals surface area contributed by atoms with E-state index in [2.05, 4.69) is 5.32 Å². The summed E-state index contributed by atoms with van der Waals surface area (Å²) in [6.07, 6.45) is 1.41. The maximum atomic E-state index is 12.1. The van der Waals surface area contributed by atoms with Gasteiger partial charge in [-0.05, 0) is 43.5 Å².